The molecule has 0 spiro atoms. The predicted octanol–water partition coefficient (Wildman–Crippen LogP) is 4.59. The Bertz CT molecular complexity index is 1040. The lowest BCUT2D eigenvalue weighted by Crippen LogP contribution is -2.27. The summed E-state index contributed by atoms with van der Waals surface area (Å²) in [6.07, 6.45) is 0.898. The quantitative estimate of drug-likeness (QED) is 0.472. The van der Waals surface area contributed by atoms with Crippen LogP contribution in [0.15, 0.2) is 34.2 Å². The summed E-state index contributed by atoms with van der Waals surface area (Å²) in [5.74, 6) is 0. The molecule has 0 radical (unpaired) electrons. The summed E-state index contributed by atoms with van der Waals surface area (Å²) in [5, 5.41) is 2.45. The van der Waals surface area contributed by atoms with E-state index in [-0.39, 0.29) is 5.56 Å². The second-order valence-electron chi connectivity index (χ2n) is 6.85. The van der Waals surface area contributed by atoms with Crippen molar-refractivity contribution in [3.05, 3.63) is 50.1 Å². The van der Waals surface area contributed by atoms with Crippen LogP contribution in [0.1, 0.15) is 24.3 Å². The number of benzene rings is 1. The Morgan fingerprint density at radius 2 is 2.15 bits per heavy atom. The molecule has 0 N–H and O–H groups in total. The van der Waals surface area contributed by atoms with E-state index in [0.29, 0.717) is 10.3 Å². The number of rotatable bonds is 3. The van der Waals surface area contributed by atoms with Gasteiger partial charge in [0, 0.05) is 28.2 Å². The van der Waals surface area contributed by atoms with Crippen molar-refractivity contribution in [1.82, 2.24) is 14.5 Å². The van der Waals surface area contributed by atoms with E-state index >= 15 is 0 Å². The highest BCUT2D eigenvalue weighted by atomic mass is 35.5. The Kier molecular flexibility index (Phi) is 4.86. The number of likely N-dealkylation sites (N-methyl/N-ethyl adjacent to an activating group) is 1. The predicted molar refractivity (Wildman–Crippen MR) is 111 cm³/mol. The van der Waals surface area contributed by atoms with E-state index in [1.807, 2.05) is 24.3 Å². The van der Waals surface area contributed by atoms with Gasteiger partial charge >= 0.3 is 0 Å². The van der Waals surface area contributed by atoms with Gasteiger partial charge in [0.25, 0.3) is 5.56 Å². The van der Waals surface area contributed by atoms with E-state index in [2.05, 4.69) is 25.8 Å². The molecule has 1 aromatic carbocycles. The second kappa shape index (κ2) is 7.00. The van der Waals surface area contributed by atoms with Crippen LogP contribution in [0.25, 0.3) is 15.9 Å². The Morgan fingerprint density at radius 1 is 1.35 bits per heavy atom. The van der Waals surface area contributed by atoms with Crippen molar-refractivity contribution in [2.24, 2.45) is 0 Å². The third-order valence-corrected chi connectivity index (χ3v) is 6.74. The highest BCUT2D eigenvalue weighted by molar-refractivity contribution is 7.99. The molecule has 136 valence electrons. The number of hydrogen-bond acceptors (Lipinski definition) is 5. The summed E-state index contributed by atoms with van der Waals surface area (Å²) in [6, 6.07) is 7.43. The fraction of sp³-hybridized carbons (Fsp3) is 0.368. The average Bonchev–Trinajstić information content (AvgIpc) is 2.91. The van der Waals surface area contributed by atoms with Crippen molar-refractivity contribution in [1.29, 1.82) is 0 Å². The van der Waals surface area contributed by atoms with Crippen molar-refractivity contribution in [3.63, 3.8) is 0 Å². The van der Waals surface area contributed by atoms with E-state index in [1.54, 1.807) is 27.7 Å². The maximum absolute atomic E-state index is 13.5. The molecule has 0 fully saturated rings. The topological polar surface area (TPSA) is 38.1 Å². The van der Waals surface area contributed by atoms with Crippen LogP contribution in [0.4, 0.5) is 0 Å². The molecule has 0 amide bonds. The zero-order valence-corrected chi connectivity index (χ0v) is 17.3. The maximum Gasteiger partial charge on any atom is 0.267 e. The molecular weight excluding hydrogens is 386 g/mol. The van der Waals surface area contributed by atoms with E-state index in [4.69, 9.17) is 16.6 Å². The smallest absolute Gasteiger partial charge is 0.267 e. The van der Waals surface area contributed by atoms with Crippen LogP contribution >= 0.6 is 34.7 Å². The van der Waals surface area contributed by atoms with Crippen LogP contribution < -0.4 is 5.56 Å². The second-order valence-corrected chi connectivity index (χ2v) is 9.92. The van der Waals surface area contributed by atoms with Gasteiger partial charge in [0.05, 0.1) is 11.1 Å². The molecule has 3 aromatic rings. The van der Waals surface area contributed by atoms with Crippen molar-refractivity contribution >= 4 is 44.9 Å². The van der Waals surface area contributed by atoms with E-state index in [0.717, 1.165) is 40.6 Å². The molecule has 4 rings (SSSR count). The lowest BCUT2D eigenvalue weighted by atomic mass is 10.1. The summed E-state index contributed by atoms with van der Waals surface area (Å²) >= 11 is 9.45. The average molecular weight is 406 g/mol. The van der Waals surface area contributed by atoms with Crippen LogP contribution in [-0.4, -0.2) is 33.3 Å². The Labute approximate surface area is 165 Å². The van der Waals surface area contributed by atoms with Gasteiger partial charge < -0.3 is 4.90 Å². The molecular formula is C19H20ClN3OS2. The number of hydrogen-bond donors (Lipinski definition) is 0. The summed E-state index contributed by atoms with van der Waals surface area (Å²) in [5.41, 5.74) is 1.97. The summed E-state index contributed by atoms with van der Waals surface area (Å²) in [7, 11) is 2.12. The van der Waals surface area contributed by atoms with Crippen LogP contribution in [0, 0.1) is 0 Å². The lowest BCUT2D eigenvalue weighted by Gasteiger charge is -2.21. The SMILES string of the molecule is CC(C)Sc1nc2sc3c(c2c(=O)n1-c1cccc(Cl)c1)CCN(C)C3. The number of fused-ring (bicyclic) bond motifs is 3. The standard InChI is InChI=1S/C19H20ClN3OS2/c1-11(2)25-19-21-17-16(14-7-8-22(3)10-15(14)26-17)18(24)23(19)13-6-4-5-12(20)9-13/h4-6,9,11H,7-8,10H2,1-3H3. The van der Waals surface area contributed by atoms with Crippen molar-refractivity contribution in [2.75, 3.05) is 13.6 Å². The minimum Gasteiger partial charge on any atom is -0.301 e. The first kappa shape index (κ1) is 18.0. The number of aromatic nitrogens is 2. The van der Waals surface area contributed by atoms with Crippen LogP contribution in [-0.2, 0) is 13.0 Å². The summed E-state index contributed by atoms with van der Waals surface area (Å²) < 4.78 is 1.73. The zero-order valence-electron chi connectivity index (χ0n) is 15.0. The van der Waals surface area contributed by atoms with Gasteiger partial charge in [-0.2, -0.15) is 0 Å². The first-order valence-electron chi connectivity index (χ1n) is 8.62. The molecule has 0 unspecified atom stereocenters. The fourth-order valence-electron chi connectivity index (χ4n) is 3.28. The Hall–Kier alpha value is -1.34. The molecule has 3 heterocycles. The van der Waals surface area contributed by atoms with Gasteiger partial charge in [-0.15, -0.1) is 11.3 Å². The van der Waals surface area contributed by atoms with E-state index < -0.39 is 0 Å². The number of thiophene rings is 1. The molecule has 26 heavy (non-hydrogen) atoms. The molecule has 4 nitrogen and oxygen atoms in total. The number of thioether (sulfide) groups is 1. The van der Waals surface area contributed by atoms with E-state index in [1.165, 1.54) is 10.4 Å². The van der Waals surface area contributed by atoms with E-state index in [9.17, 15) is 4.79 Å². The van der Waals surface area contributed by atoms with Crippen molar-refractivity contribution < 1.29 is 0 Å². The first-order valence-corrected chi connectivity index (χ1v) is 10.7. The third-order valence-electron chi connectivity index (χ3n) is 4.44. The first-order chi connectivity index (χ1) is 12.4. The normalized spacial score (nSPS) is 15.0. The molecule has 0 atom stereocenters. The van der Waals surface area contributed by atoms with Gasteiger partial charge in [-0.05, 0) is 37.2 Å². The van der Waals surface area contributed by atoms with Crippen LogP contribution in [0.5, 0.6) is 0 Å². The van der Waals surface area contributed by atoms with Gasteiger partial charge in [0.1, 0.15) is 4.83 Å². The van der Waals surface area contributed by atoms with Gasteiger partial charge in [-0.1, -0.05) is 43.3 Å². The zero-order chi connectivity index (χ0) is 18.4. The van der Waals surface area contributed by atoms with Gasteiger partial charge in [0.15, 0.2) is 5.16 Å². The monoisotopic (exact) mass is 405 g/mol. The summed E-state index contributed by atoms with van der Waals surface area (Å²) in [6.45, 7) is 6.08. The lowest BCUT2D eigenvalue weighted by molar-refractivity contribution is 0.318. The molecule has 0 saturated heterocycles. The number of nitrogens with zero attached hydrogens (tertiary/aromatic N) is 3. The molecule has 2 aromatic heterocycles. The highest BCUT2D eigenvalue weighted by Crippen LogP contribution is 2.34. The molecule has 0 saturated carbocycles. The maximum atomic E-state index is 13.5. The Morgan fingerprint density at radius 3 is 2.88 bits per heavy atom. The molecule has 1 aliphatic heterocycles. The minimum absolute atomic E-state index is 0.0162. The third kappa shape index (κ3) is 3.20. The van der Waals surface area contributed by atoms with Gasteiger partial charge in [-0.3, -0.25) is 9.36 Å². The Balaban J connectivity index is 2.02. The minimum atomic E-state index is 0.0162. The highest BCUT2D eigenvalue weighted by Gasteiger charge is 2.24. The largest absolute Gasteiger partial charge is 0.301 e. The van der Waals surface area contributed by atoms with Crippen LogP contribution in [0.2, 0.25) is 5.02 Å². The molecule has 0 bridgehead atoms. The van der Waals surface area contributed by atoms with Crippen molar-refractivity contribution in [3.8, 4) is 5.69 Å². The van der Waals surface area contributed by atoms with Crippen LogP contribution in [0.3, 0.4) is 0 Å². The number of halogens is 1. The summed E-state index contributed by atoms with van der Waals surface area (Å²) in [4.78, 5) is 22.8. The molecule has 1 aliphatic rings. The van der Waals surface area contributed by atoms with Gasteiger partial charge in [-0.25, -0.2) is 4.98 Å². The molecule has 7 heteroatoms. The van der Waals surface area contributed by atoms with Gasteiger partial charge in [0.2, 0.25) is 0 Å². The van der Waals surface area contributed by atoms with Crippen molar-refractivity contribution in [2.45, 2.75) is 37.2 Å². The fourth-order valence-corrected chi connectivity index (χ4v) is 5.68. The molecule has 0 aliphatic carbocycles.